The molecule has 0 atom stereocenters. The molecule has 9 nitrogen and oxygen atoms in total. The van der Waals surface area contributed by atoms with Crippen LogP contribution in [-0.4, -0.2) is 64.3 Å². The van der Waals surface area contributed by atoms with Crippen LogP contribution in [0.5, 0.6) is 0 Å². The summed E-state index contributed by atoms with van der Waals surface area (Å²) in [6.45, 7) is 9.47. The van der Waals surface area contributed by atoms with Crippen LogP contribution in [0.2, 0.25) is 5.02 Å². The number of carbonyl (C=O) groups is 2. The van der Waals surface area contributed by atoms with Gasteiger partial charge in [-0.05, 0) is 48.7 Å². The zero-order valence-corrected chi connectivity index (χ0v) is 22.6. The van der Waals surface area contributed by atoms with Crippen LogP contribution >= 0.6 is 11.6 Å². The van der Waals surface area contributed by atoms with Crippen LogP contribution in [0.1, 0.15) is 29.8 Å². The molecule has 14 heteroatoms. The maximum atomic E-state index is 13.1. The maximum Gasteiger partial charge on any atom is 0.490 e. The molecule has 0 aromatic heterocycles. The summed E-state index contributed by atoms with van der Waals surface area (Å²) in [5.41, 5.74) is 2.31. The molecule has 0 aliphatic carbocycles. The van der Waals surface area contributed by atoms with E-state index in [-0.39, 0.29) is 10.8 Å². The minimum atomic E-state index is -5.08. The minimum absolute atomic E-state index is 0.0732. The van der Waals surface area contributed by atoms with E-state index in [1.165, 1.54) is 12.1 Å². The first-order valence-corrected chi connectivity index (χ1v) is 13.4. The number of alkyl halides is 3. The van der Waals surface area contributed by atoms with Crippen molar-refractivity contribution in [2.45, 2.75) is 31.8 Å². The Morgan fingerprint density at radius 3 is 2.26 bits per heavy atom. The highest BCUT2D eigenvalue weighted by Gasteiger charge is 2.38. The smallest absolute Gasteiger partial charge is 0.475 e. The van der Waals surface area contributed by atoms with Crippen LogP contribution in [0.4, 0.5) is 24.5 Å². The van der Waals surface area contributed by atoms with E-state index in [4.69, 9.17) is 21.5 Å². The Bertz CT molecular complexity index is 1250. The summed E-state index contributed by atoms with van der Waals surface area (Å²) in [6, 6.07) is 9.75. The number of aliphatic carboxylic acids is 1. The van der Waals surface area contributed by atoms with E-state index >= 15 is 0 Å². The van der Waals surface area contributed by atoms with Gasteiger partial charge < -0.3 is 20.6 Å². The maximum absolute atomic E-state index is 13.1. The number of nitrogens with zero attached hydrogens (tertiary/aromatic N) is 1. The Labute approximate surface area is 224 Å². The normalized spacial score (nSPS) is 13.9. The van der Waals surface area contributed by atoms with E-state index in [0.29, 0.717) is 28.7 Å². The number of amides is 1. The first-order valence-electron chi connectivity index (χ1n) is 11.6. The Morgan fingerprint density at radius 2 is 1.74 bits per heavy atom. The van der Waals surface area contributed by atoms with Gasteiger partial charge >= 0.3 is 12.1 Å². The van der Waals surface area contributed by atoms with Gasteiger partial charge in [-0.3, -0.25) is 9.52 Å². The van der Waals surface area contributed by atoms with Crippen LogP contribution in [0.25, 0.3) is 0 Å². The quantitative estimate of drug-likeness (QED) is 0.393. The van der Waals surface area contributed by atoms with Crippen molar-refractivity contribution in [1.82, 2.24) is 10.6 Å². The number of aryl methyl sites for hydroxylation is 1. The van der Waals surface area contributed by atoms with Gasteiger partial charge in [-0.1, -0.05) is 31.5 Å². The fourth-order valence-corrected chi connectivity index (χ4v) is 4.62. The predicted octanol–water partition coefficient (Wildman–Crippen LogP) is 3.88. The summed E-state index contributed by atoms with van der Waals surface area (Å²) in [4.78, 5) is 23.6. The summed E-state index contributed by atoms with van der Waals surface area (Å²) in [6.07, 6.45) is -5.08. The fourth-order valence-electron chi connectivity index (χ4n) is 3.28. The van der Waals surface area contributed by atoms with E-state index in [2.05, 4.69) is 20.3 Å². The Kier molecular flexibility index (Phi) is 10.8. The number of carbonyl (C=O) groups excluding carboxylic acids is 1. The molecule has 0 unspecified atom stereocenters. The van der Waals surface area contributed by atoms with Gasteiger partial charge in [0.25, 0.3) is 15.9 Å². The van der Waals surface area contributed by atoms with Crippen molar-refractivity contribution in [3.8, 4) is 0 Å². The van der Waals surface area contributed by atoms with Crippen molar-refractivity contribution in [2.24, 2.45) is 5.92 Å². The lowest BCUT2D eigenvalue weighted by atomic mass is 10.1. The van der Waals surface area contributed by atoms with Crippen molar-refractivity contribution in [3.05, 3.63) is 52.5 Å². The lowest BCUT2D eigenvalue weighted by molar-refractivity contribution is -0.192. The molecule has 2 aromatic rings. The first-order chi connectivity index (χ1) is 17.6. The second kappa shape index (κ2) is 13.2. The summed E-state index contributed by atoms with van der Waals surface area (Å²) >= 11 is 6.14. The molecule has 0 bridgehead atoms. The predicted molar refractivity (Wildman–Crippen MR) is 139 cm³/mol. The molecule has 210 valence electrons. The number of benzene rings is 2. The molecule has 1 fully saturated rings. The van der Waals surface area contributed by atoms with Gasteiger partial charge in [-0.2, -0.15) is 13.2 Å². The third-order valence-corrected chi connectivity index (χ3v) is 7.10. The average molecular weight is 579 g/mol. The standard InChI is InChI=1S/C22H29ClN4O3S.C2HF3O2/c1-15(2)14-25-22(28)17-5-7-21(27-10-8-24-9-11-27)20(12-17)26-31(29,30)18-6-4-16(3)19(23)13-18;3-2(4,5)1(6)7/h4-7,12-13,15,24,26H,8-11,14H2,1-3H3,(H,25,28);(H,6,7). The highest BCUT2D eigenvalue weighted by Crippen LogP contribution is 2.31. The molecule has 0 saturated carbocycles. The molecule has 1 amide bonds. The molecule has 0 radical (unpaired) electrons. The molecule has 1 heterocycles. The molecule has 1 aliphatic heterocycles. The molecule has 2 aromatic carbocycles. The number of sulfonamides is 1. The zero-order valence-electron chi connectivity index (χ0n) is 21.0. The highest BCUT2D eigenvalue weighted by molar-refractivity contribution is 7.92. The van der Waals surface area contributed by atoms with Crippen molar-refractivity contribution in [1.29, 1.82) is 0 Å². The lowest BCUT2D eigenvalue weighted by Gasteiger charge is -2.31. The van der Waals surface area contributed by atoms with Crippen LogP contribution in [-0.2, 0) is 14.8 Å². The van der Waals surface area contributed by atoms with Crippen LogP contribution in [0, 0.1) is 12.8 Å². The van der Waals surface area contributed by atoms with Crippen molar-refractivity contribution >= 4 is 44.9 Å². The second-order valence-electron chi connectivity index (χ2n) is 8.89. The third kappa shape index (κ3) is 9.07. The number of hydrogen-bond acceptors (Lipinski definition) is 6. The van der Waals surface area contributed by atoms with Gasteiger partial charge in [-0.25, -0.2) is 13.2 Å². The van der Waals surface area contributed by atoms with E-state index in [9.17, 15) is 26.4 Å². The average Bonchev–Trinajstić information content (AvgIpc) is 2.84. The lowest BCUT2D eigenvalue weighted by Crippen LogP contribution is -2.43. The summed E-state index contributed by atoms with van der Waals surface area (Å²) in [5, 5.41) is 13.7. The minimum Gasteiger partial charge on any atom is -0.475 e. The monoisotopic (exact) mass is 578 g/mol. The van der Waals surface area contributed by atoms with Crippen molar-refractivity contribution in [2.75, 3.05) is 42.3 Å². The number of halogens is 4. The molecule has 3 rings (SSSR count). The molecular weight excluding hydrogens is 549 g/mol. The molecule has 1 saturated heterocycles. The Hall–Kier alpha value is -3.03. The SMILES string of the molecule is Cc1ccc(S(=O)(=O)Nc2cc(C(=O)NCC(C)C)ccc2N2CCNCC2)cc1Cl.O=C(O)C(F)(F)F. The van der Waals surface area contributed by atoms with Crippen molar-refractivity contribution in [3.63, 3.8) is 0 Å². The van der Waals surface area contributed by atoms with Crippen LogP contribution < -0.4 is 20.3 Å². The summed E-state index contributed by atoms with van der Waals surface area (Å²) < 4.78 is 60.6. The summed E-state index contributed by atoms with van der Waals surface area (Å²) in [7, 11) is -3.89. The van der Waals surface area contributed by atoms with E-state index in [0.717, 1.165) is 37.4 Å². The van der Waals surface area contributed by atoms with Crippen LogP contribution in [0.15, 0.2) is 41.3 Å². The molecule has 38 heavy (non-hydrogen) atoms. The molecular formula is C24H30ClF3N4O5S. The van der Waals surface area contributed by atoms with E-state index in [1.807, 2.05) is 20.8 Å². The largest absolute Gasteiger partial charge is 0.490 e. The number of carboxylic acids is 1. The third-order valence-electron chi connectivity index (χ3n) is 5.33. The number of anilines is 2. The van der Waals surface area contributed by atoms with Gasteiger partial charge in [0, 0.05) is 43.3 Å². The van der Waals surface area contributed by atoms with Crippen molar-refractivity contribution < 1.29 is 36.3 Å². The zero-order chi connectivity index (χ0) is 28.7. The van der Waals surface area contributed by atoms with E-state index < -0.39 is 22.2 Å². The fraction of sp³-hybridized carbons (Fsp3) is 0.417. The van der Waals surface area contributed by atoms with Gasteiger partial charge in [0.15, 0.2) is 0 Å². The summed E-state index contributed by atoms with van der Waals surface area (Å²) in [5.74, 6) is -2.68. The first kappa shape index (κ1) is 31.2. The van der Waals surface area contributed by atoms with Gasteiger partial charge in [0.05, 0.1) is 16.3 Å². The van der Waals surface area contributed by atoms with Gasteiger partial charge in [0.2, 0.25) is 0 Å². The number of rotatable bonds is 7. The van der Waals surface area contributed by atoms with E-state index in [1.54, 1.807) is 24.3 Å². The number of nitrogens with one attached hydrogen (secondary N) is 3. The number of carboxylic acid groups (broad SMARTS) is 1. The highest BCUT2D eigenvalue weighted by atomic mass is 35.5. The Balaban J connectivity index is 0.000000638. The molecule has 4 N–H and O–H groups in total. The molecule has 0 spiro atoms. The number of piperazine rings is 1. The number of hydrogen-bond donors (Lipinski definition) is 4. The van der Waals surface area contributed by atoms with Gasteiger partial charge in [0.1, 0.15) is 0 Å². The van der Waals surface area contributed by atoms with Crippen LogP contribution in [0.3, 0.4) is 0 Å². The Morgan fingerprint density at radius 1 is 1.13 bits per heavy atom. The molecule has 1 aliphatic rings. The topological polar surface area (TPSA) is 128 Å². The second-order valence-corrected chi connectivity index (χ2v) is 11.0. The van der Waals surface area contributed by atoms with Gasteiger partial charge in [-0.15, -0.1) is 0 Å².